The van der Waals surface area contributed by atoms with Gasteiger partial charge in [-0.2, -0.15) is 0 Å². The first-order valence-corrected chi connectivity index (χ1v) is 5.52. The molecule has 2 fully saturated rings. The Labute approximate surface area is 94.2 Å². The Balaban J connectivity index is 1.78. The average molecular weight is 221 g/mol. The lowest BCUT2D eigenvalue weighted by atomic mass is 10.2. The molecule has 16 heavy (non-hydrogen) atoms. The molecule has 0 saturated carbocycles. The summed E-state index contributed by atoms with van der Waals surface area (Å²) in [5, 5.41) is 0. The zero-order chi connectivity index (χ0) is 11.0. The quantitative estimate of drug-likeness (QED) is 0.753. The van der Waals surface area contributed by atoms with Gasteiger partial charge in [-0.15, -0.1) is 0 Å². The second kappa shape index (κ2) is 3.61. The minimum atomic E-state index is -0.397. The van der Waals surface area contributed by atoms with Gasteiger partial charge in [0.15, 0.2) is 5.79 Å². The molecule has 2 aliphatic rings. The van der Waals surface area contributed by atoms with Crippen LogP contribution in [-0.2, 0) is 9.47 Å². The van der Waals surface area contributed by atoms with Crippen LogP contribution in [0.1, 0.15) is 6.42 Å². The number of hydrogen-bond acceptors (Lipinski definition) is 5. The van der Waals surface area contributed by atoms with Crippen LogP contribution in [0.25, 0.3) is 0 Å². The smallest absolute Gasteiger partial charge is 0.187 e. The average Bonchev–Trinajstić information content (AvgIpc) is 2.90. The molecule has 86 valence electrons. The molecule has 0 radical (unpaired) electrons. The summed E-state index contributed by atoms with van der Waals surface area (Å²) < 4.78 is 11.3. The number of anilines is 2. The highest BCUT2D eigenvalue weighted by atomic mass is 16.7. The second-order valence-electron chi connectivity index (χ2n) is 4.23. The Morgan fingerprint density at radius 3 is 2.94 bits per heavy atom. The monoisotopic (exact) mass is 221 g/mol. The molecule has 5 nitrogen and oxygen atoms in total. The van der Waals surface area contributed by atoms with Crippen LogP contribution in [0.5, 0.6) is 0 Å². The number of nitrogens with two attached hydrogens (primary N) is 1. The van der Waals surface area contributed by atoms with Crippen LogP contribution < -0.4 is 10.6 Å². The van der Waals surface area contributed by atoms with Crippen LogP contribution in [0, 0.1) is 0 Å². The topological polar surface area (TPSA) is 60.6 Å². The van der Waals surface area contributed by atoms with Gasteiger partial charge in [-0.25, -0.2) is 4.98 Å². The first-order valence-electron chi connectivity index (χ1n) is 5.52. The predicted molar refractivity (Wildman–Crippen MR) is 60.1 cm³/mol. The maximum absolute atomic E-state index is 5.74. The number of ether oxygens (including phenoxy) is 2. The van der Waals surface area contributed by atoms with Gasteiger partial charge in [0.05, 0.1) is 19.8 Å². The first-order chi connectivity index (χ1) is 7.77. The maximum atomic E-state index is 5.74. The third-order valence-electron chi connectivity index (χ3n) is 3.10. The van der Waals surface area contributed by atoms with Gasteiger partial charge < -0.3 is 20.1 Å². The summed E-state index contributed by atoms with van der Waals surface area (Å²) in [6.45, 7) is 3.02. The van der Waals surface area contributed by atoms with Crippen molar-refractivity contribution in [3.8, 4) is 0 Å². The fraction of sp³-hybridized carbons (Fsp3) is 0.545. The third kappa shape index (κ3) is 1.62. The fourth-order valence-corrected chi connectivity index (χ4v) is 2.29. The van der Waals surface area contributed by atoms with Crippen molar-refractivity contribution in [2.45, 2.75) is 12.2 Å². The molecule has 1 aromatic rings. The van der Waals surface area contributed by atoms with Crippen LogP contribution in [0.4, 0.5) is 11.5 Å². The Morgan fingerprint density at radius 2 is 2.19 bits per heavy atom. The molecule has 1 aromatic heterocycles. The lowest BCUT2D eigenvalue weighted by molar-refractivity contribution is -0.137. The zero-order valence-electron chi connectivity index (χ0n) is 9.06. The van der Waals surface area contributed by atoms with Gasteiger partial charge in [-0.05, 0) is 6.07 Å². The number of aromatic nitrogens is 1. The Hall–Kier alpha value is -1.33. The van der Waals surface area contributed by atoms with Crippen LogP contribution in [0.15, 0.2) is 18.3 Å². The van der Waals surface area contributed by atoms with E-state index in [0.717, 1.165) is 31.0 Å². The number of nitrogen functional groups attached to an aromatic ring is 1. The van der Waals surface area contributed by atoms with E-state index >= 15 is 0 Å². The van der Waals surface area contributed by atoms with Crippen LogP contribution in [0.3, 0.4) is 0 Å². The summed E-state index contributed by atoms with van der Waals surface area (Å²) >= 11 is 0. The standard InChI is InChI=1S/C11H15N3O2/c12-9-1-3-13-10(7-9)14-4-2-11(8-14)15-5-6-16-11/h1,3,7H,2,4-6,8H2,(H2,12,13). The molecule has 0 amide bonds. The Morgan fingerprint density at radius 1 is 1.38 bits per heavy atom. The second-order valence-corrected chi connectivity index (χ2v) is 4.23. The van der Waals surface area contributed by atoms with Crippen LogP contribution in [-0.4, -0.2) is 37.1 Å². The summed E-state index contributed by atoms with van der Waals surface area (Å²) in [6.07, 6.45) is 2.62. The van der Waals surface area contributed by atoms with Crippen LogP contribution >= 0.6 is 0 Å². The highest BCUT2D eigenvalue weighted by Crippen LogP contribution is 2.32. The van der Waals surface area contributed by atoms with Gasteiger partial charge in [-0.1, -0.05) is 0 Å². The first kappa shape index (κ1) is 9.86. The van der Waals surface area contributed by atoms with E-state index in [1.54, 1.807) is 12.3 Å². The molecule has 3 rings (SSSR count). The molecule has 2 aliphatic heterocycles. The highest BCUT2D eigenvalue weighted by Gasteiger charge is 2.43. The molecule has 1 spiro atoms. The fourth-order valence-electron chi connectivity index (χ4n) is 2.29. The summed E-state index contributed by atoms with van der Waals surface area (Å²) in [4.78, 5) is 6.47. The van der Waals surface area contributed by atoms with Crippen molar-refractivity contribution in [3.05, 3.63) is 18.3 Å². The van der Waals surface area contributed by atoms with Gasteiger partial charge in [0.25, 0.3) is 0 Å². The van der Waals surface area contributed by atoms with Gasteiger partial charge in [0.2, 0.25) is 0 Å². The maximum Gasteiger partial charge on any atom is 0.187 e. The van der Waals surface area contributed by atoms with Crippen molar-refractivity contribution in [3.63, 3.8) is 0 Å². The van der Waals surface area contributed by atoms with E-state index in [9.17, 15) is 0 Å². The van der Waals surface area contributed by atoms with Crippen molar-refractivity contribution in [2.75, 3.05) is 36.9 Å². The molecule has 2 N–H and O–H groups in total. The summed E-state index contributed by atoms with van der Waals surface area (Å²) in [6, 6.07) is 3.67. The van der Waals surface area contributed by atoms with Gasteiger partial charge in [0.1, 0.15) is 5.82 Å². The van der Waals surface area contributed by atoms with E-state index in [-0.39, 0.29) is 0 Å². The van der Waals surface area contributed by atoms with Crippen molar-refractivity contribution < 1.29 is 9.47 Å². The molecule has 0 unspecified atom stereocenters. The van der Waals surface area contributed by atoms with Gasteiger partial charge >= 0.3 is 0 Å². The molecular weight excluding hydrogens is 206 g/mol. The summed E-state index contributed by atoms with van der Waals surface area (Å²) in [7, 11) is 0. The molecule has 5 heteroatoms. The number of hydrogen-bond donors (Lipinski definition) is 1. The van der Waals surface area contributed by atoms with E-state index < -0.39 is 5.79 Å². The Kier molecular flexibility index (Phi) is 2.22. The number of pyridine rings is 1. The van der Waals surface area contributed by atoms with E-state index in [2.05, 4.69) is 9.88 Å². The van der Waals surface area contributed by atoms with E-state index in [0.29, 0.717) is 13.2 Å². The minimum absolute atomic E-state index is 0.397. The Bertz CT molecular complexity index is 391. The van der Waals surface area contributed by atoms with Crippen molar-refractivity contribution in [1.29, 1.82) is 0 Å². The number of rotatable bonds is 1. The van der Waals surface area contributed by atoms with E-state index in [1.165, 1.54) is 0 Å². The van der Waals surface area contributed by atoms with Gasteiger partial charge in [0, 0.05) is 30.9 Å². The normalized spacial score (nSPS) is 23.1. The lowest BCUT2D eigenvalue weighted by Crippen LogP contribution is -2.34. The minimum Gasteiger partial charge on any atom is -0.399 e. The van der Waals surface area contributed by atoms with E-state index in [4.69, 9.17) is 15.2 Å². The van der Waals surface area contributed by atoms with E-state index in [1.807, 2.05) is 6.07 Å². The summed E-state index contributed by atoms with van der Waals surface area (Å²) in [5.41, 5.74) is 6.48. The SMILES string of the molecule is Nc1ccnc(N2CCC3(C2)OCCO3)c1. The summed E-state index contributed by atoms with van der Waals surface area (Å²) in [5.74, 6) is 0.503. The lowest BCUT2D eigenvalue weighted by Gasteiger charge is -2.22. The predicted octanol–water partition coefficient (Wildman–Crippen LogP) is 0.617. The molecule has 0 atom stereocenters. The van der Waals surface area contributed by atoms with Crippen molar-refractivity contribution in [2.24, 2.45) is 0 Å². The van der Waals surface area contributed by atoms with Crippen molar-refractivity contribution in [1.82, 2.24) is 4.98 Å². The molecular formula is C11H15N3O2. The molecule has 0 aliphatic carbocycles. The highest BCUT2D eigenvalue weighted by molar-refractivity contribution is 5.51. The molecule has 3 heterocycles. The molecule has 0 aromatic carbocycles. The van der Waals surface area contributed by atoms with Gasteiger partial charge in [-0.3, -0.25) is 0 Å². The van der Waals surface area contributed by atoms with Crippen LogP contribution in [0.2, 0.25) is 0 Å². The number of nitrogens with zero attached hydrogens (tertiary/aromatic N) is 2. The molecule has 2 saturated heterocycles. The zero-order valence-corrected chi connectivity index (χ0v) is 9.06. The largest absolute Gasteiger partial charge is 0.399 e. The van der Waals surface area contributed by atoms with Crippen molar-refractivity contribution >= 4 is 11.5 Å². The third-order valence-corrected chi connectivity index (χ3v) is 3.10. The molecule has 0 bridgehead atoms.